The van der Waals surface area contributed by atoms with Crippen LogP contribution in [0.1, 0.15) is 37.0 Å². The highest BCUT2D eigenvalue weighted by atomic mass is 32.1. The minimum atomic E-state index is 0.0311. The van der Waals surface area contributed by atoms with Crippen LogP contribution in [0.4, 0.5) is 0 Å². The summed E-state index contributed by atoms with van der Waals surface area (Å²) in [4.78, 5) is 21.6. The van der Waals surface area contributed by atoms with Crippen LogP contribution in [0.15, 0.2) is 22.5 Å². The summed E-state index contributed by atoms with van der Waals surface area (Å²) < 4.78 is 0. The predicted octanol–water partition coefficient (Wildman–Crippen LogP) is 2.84. The van der Waals surface area contributed by atoms with Gasteiger partial charge in [0.2, 0.25) is 5.91 Å². The third-order valence-corrected chi connectivity index (χ3v) is 5.71. The molecule has 1 N–H and O–H groups in total. The second-order valence-corrected chi connectivity index (χ2v) is 8.10. The predicted molar refractivity (Wildman–Crippen MR) is 106 cm³/mol. The maximum atomic E-state index is 11.9. The van der Waals surface area contributed by atoms with Crippen molar-refractivity contribution >= 4 is 23.2 Å². The summed E-state index contributed by atoms with van der Waals surface area (Å²) in [6.45, 7) is 2.05. The number of hydrogen-bond donors (Lipinski definition) is 1. The molecular formula is C19H32N4OS. The number of carbonyl (C=O) groups is 1. The topological polar surface area (TPSA) is 47.9 Å². The van der Waals surface area contributed by atoms with Gasteiger partial charge in [0.05, 0.1) is 0 Å². The van der Waals surface area contributed by atoms with E-state index in [9.17, 15) is 4.79 Å². The summed E-state index contributed by atoms with van der Waals surface area (Å²) in [5.41, 5.74) is 0. The van der Waals surface area contributed by atoms with E-state index in [0.717, 1.165) is 31.4 Å². The first-order chi connectivity index (χ1) is 12.1. The fourth-order valence-corrected chi connectivity index (χ4v) is 3.76. The number of thiophene rings is 1. The molecule has 1 aliphatic carbocycles. The second kappa shape index (κ2) is 10.4. The molecule has 1 aliphatic rings. The highest BCUT2D eigenvalue weighted by molar-refractivity contribution is 7.09. The van der Waals surface area contributed by atoms with E-state index in [1.807, 2.05) is 0 Å². The fourth-order valence-electron chi connectivity index (χ4n) is 3.06. The molecule has 0 unspecified atom stereocenters. The van der Waals surface area contributed by atoms with Crippen LogP contribution in [0, 0.1) is 5.92 Å². The molecular weight excluding hydrogens is 332 g/mol. The minimum absolute atomic E-state index is 0.0311. The van der Waals surface area contributed by atoms with Crippen molar-refractivity contribution in [3.8, 4) is 0 Å². The number of hydrogen-bond acceptors (Lipinski definition) is 3. The smallest absolute Gasteiger partial charge is 0.243 e. The van der Waals surface area contributed by atoms with E-state index in [0.29, 0.717) is 0 Å². The number of nitrogens with one attached hydrogen (secondary N) is 1. The van der Waals surface area contributed by atoms with Gasteiger partial charge in [-0.15, -0.1) is 11.3 Å². The molecule has 0 spiro atoms. The van der Waals surface area contributed by atoms with Gasteiger partial charge in [-0.2, -0.15) is 0 Å². The number of amides is 1. The van der Waals surface area contributed by atoms with Gasteiger partial charge < -0.3 is 15.1 Å². The first kappa shape index (κ1) is 19.8. The fraction of sp³-hybridized carbons (Fsp3) is 0.684. The Morgan fingerprint density at radius 3 is 2.68 bits per heavy atom. The molecule has 1 aromatic rings. The van der Waals surface area contributed by atoms with Crippen molar-refractivity contribution in [3.05, 3.63) is 22.4 Å². The van der Waals surface area contributed by atoms with Crippen molar-refractivity contribution in [1.82, 2.24) is 15.1 Å². The zero-order chi connectivity index (χ0) is 18.1. The van der Waals surface area contributed by atoms with Crippen LogP contribution in [0.3, 0.4) is 0 Å². The van der Waals surface area contributed by atoms with Crippen molar-refractivity contribution in [3.63, 3.8) is 0 Å². The molecule has 0 aromatic carbocycles. The van der Waals surface area contributed by atoms with Crippen molar-refractivity contribution in [1.29, 1.82) is 0 Å². The molecule has 1 saturated carbocycles. The summed E-state index contributed by atoms with van der Waals surface area (Å²) in [7, 11) is 5.60. The highest BCUT2D eigenvalue weighted by Crippen LogP contribution is 2.22. The zero-order valence-corrected chi connectivity index (χ0v) is 16.6. The van der Waals surface area contributed by atoms with E-state index in [1.54, 1.807) is 30.3 Å². The van der Waals surface area contributed by atoms with E-state index in [-0.39, 0.29) is 12.5 Å². The average molecular weight is 365 g/mol. The number of carbonyl (C=O) groups excluding carboxylic acids is 1. The second-order valence-electron chi connectivity index (χ2n) is 7.06. The first-order valence-electron chi connectivity index (χ1n) is 9.28. The van der Waals surface area contributed by atoms with Gasteiger partial charge >= 0.3 is 0 Å². The first-order valence-corrected chi connectivity index (χ1v) is 10.2. The number of nitrogens with zero attached hydrogens (tertiary/aromatic N) is 3. The summed E-state index contributed by atoms with van der Waals surface area (Å²) in [6, 6.07) is 4.26. The molecule has 140 valence electrons. The molecule has 5 nitrogen and oxygen atoms in total. The highest BCUT2D eigenvalue weighted by Gasteiger charge is 2.15. The standard InChI is InChI=1S/C19H32N4OS/c1-22(2)18(24)15-21-19(20-14-16-8-5-4-6-9-16)23(3)12-11-17-10-7-13-25-17/h7,10,13,16H,4-6,8-9,11-12,14-15H2,1-3H3,(H,20,21). The lowest BCUT2D eigenvalue weighted by atomic mass is 9.89. The maximum Gasteiger partial charge on any atom is 0.243 e. The molecule has 0 radical (unpaired) electrons. The molecule has 1 aromatic heterocycles. The van der Waals surface area contributed by atoms with Gasteiger partial charge in [-0.05, 0) is 36.6 Å². The van der Waals surface area contributed by atoms with Gasteiger partial charge in [-0.3, -0.25) is 4.79 Å². The lowest BCUT2D eigenvalue weighted by Gasteiger charge is -2.26. The lowest BCUT2D eigenvalue weighted by Crippen LogP contribution is -2.43. The molecule has 0 bridgehead atoms. The lowest BCUT2D eigenvalue weighted by molar-refractivity contribution is -0.127. The summed E-state index contributed by atoms with van der Waals surface area (Å²) in [5, 5.41) is 5.63. The van der Waals surface area contributed by atoms with Gasteiger partial charge in [-0.1, -0.05) is 25.3 Å². The minimum Gasteiger partial charge on any atom is -0.356 e. The number of rotatable bonds is 7. The van der Waals surface area contributed by atoms with Crippen LogP contribution in [0.25, 0.3) is 0 Å². The Balaban J connectivity index is 1.91. The molecule has 0 aliphatic heterocycles. The largest absolute Gasteiger partial charge is 0.356 e. The van der Waals surface area contributed by atoms with Gasteiger partial charge in [0.15, 0.2) is 5.96 Å². The van der Waals surface area contributed by atoms with Gasteiger partial charge in [0, 0.05) is 39.1 Å². The number of guanidine groups is 1. The van der Waals surface area contributed by atoms with Crippen molar-refractivity contribution in [2.24, 2.45) is 10.9 Å². The monoisotopic (exact) mass is 364 g/mol. The Morgan fingerprint density at radius 1 is 1.28 bits per heavy atom. The van der Waals surface area contributed by atoms with Crippen LogP contribution in [0.2, 0.25) is 0 Å². The molecule has 25 heavy (non-hydrogen) atoms. The molecule has 0 saturated heterocycles. The van der Waals surface area contributed by atoms with E-state index in [4.69, 9.17) is 0 Å². The van der Waals surface area contributed by atoms with Gasteiger partial charge in [0.1, 0.15) is 6.54 Å². The SMILES string of the molecule is CN(C)C(=O)CN=C(NCC1CCCCC1)N(C)CCc1cccs1. The number of aliphatic imine (C=N–C) groups is 1. The molecule has 6 heteroatoms. The molecule has 0 atom stereocenters. The zero-order valence-electron chi connectivity index (χ0n) is 15.8. The normalized spacial score (nSPS) is 15.9. The van der Waals surface area contributed by atoms with Crippen molar-refractivity contribution < 1.29 is 4.79 Å². The van der Waals surface area contributed by atoms with Gasteiger partial charge in [0.25, 0.3) is 0 Å². The van der Waals surface area contributed by atoms with Crippen LogP contribution >= 0.6 is 11.3 Å². The van der Waals surface area contributed by atoms with E-state index < -0.39 is 0 Å². The average Bonchev–Trinajstić information content (AvgIpc) is 3.13. The quantitative estimate of drug-likeness (QED) is 0.598. The molecule has 2 rings (SSSR count). The van der Waals surface area contributed by atoms with Crippen LogP contribution in [0.5, 0.6) is 0 Å². The molecule has 1 fully saturated rings. The van der Waals surface area contributed by atoms with Crippen LogP contribution in [-0.2, 0) is 11.2 Å². The van der Waals surface area contributed by atoms with E-state index in [1.165, 1.54) is 37.0 Å². The van der Waals surface area contributed by atoms with Gasteiger partial charge in [-0.25, -0.2) is 4.99 Å². The summed E-state index contributed by atoms with van der Waals surface area (Å²) >= 11 is 1.79. The third-order valence-electron chi connectivity index (χ3n) is 4.77. The molecule has 1 amide bonds. The van der Waals surface area contributed by atoms with E-state index in [2.05, 4.69) is 39.8 Å². The number of likely N-dealkylation sites (N-methyl/N-ethyl adjacent to an activating group) is 2. The summed E-state index contributed by atoms with van der Waals surface area (Å²) in [6.07, 6.45) is 7.65. The maximum absolute atomic E-state index is 11.9. The molecule has 1 heterocycles. The Labute approximate surface area is 156 Å². The third kappa shape index (κ3) is 7.06. The van der Waals surface area contributed by atoms with Crippen LogP contribution < -0.4 is 5.32 Å². The Kier molecular flexibility index (Phi) is 8.25. The summed E-state index contributed by atoms with van der Waals surface area (Å²) in [5.74, 6) is 1.61. The van der Waals surface area contributed by atoms with Crippen LogP contribution in [-0.4, -0.2) is 62.4 Å². The van der Waals surface area contributed by atoms with Crippen molar-refractivity contribution in [2.45, 2.75) is 38.5 Å². The van der Waals surface area contributed by atoms with E-state index >= 15 is 0 Å². The Hall–Kier alpha value is -1.56. The van der Waals surface area contributed by atoms with Crippen molar-refractivity contribution in [2.75, 3.05) is 40.8 Å². The Morgan fingerprint density at radius 2 is 2.04 bits per heavy atom. The Bertz CT molecular complexity index is 536.